The second-order valence-corrected chi connectivity index (χ2v) is 8.74. The number of nitrogens with zero attached hydrogens (tertiary/aromatic N) is 2. The number of nitrogens with one attached hydrogen (secondary N) is 1. The van der Waals surface area contributed by atoms with Gasteiger partial charge in [0.1, 0.15) is 18.1 Å². The molecule has 3 heterocycles. The Morgan fingerprint density at radius 2 is 2.23 bits per heavy atom. The number of amides is 2. The number of anilines is 1. The minimum atomic E-state index is -0.263. The third kappa shape index (κ3) is 5.09. The molecule has 0 radical (unpaired) electrons. The van der Waals surface area contributed by atoms with Gasteiger partial charge in [-0.05, 0) is 43.2 Å². The Labute approximate surface area is 186 Å². The lowest BCUT2D eigenvalue weighted by Gasteiger charge is -2.31. The van der Waals surface area contributed by atoms with Crippen LogP contribution in [0.15, 0.2) is 56.9 Å². The van der Waals surface area contributed by atoms with Crippen LogP contribution < -0.4 is 10.1 Å². The third-order valence-electron chi connectivity index (χ3n) is 4.79. The van der Waals surface area contributed by atoms with Gasteiger partial charge >= 0.3 is 0 Å². The summed E-state index contributed by atoms with van der Waals surface area (Å²) in [4.78, 5) is 31.1. The molecule has 1 saturated heterocycles. The number of halogens is 1. The van der Waals surface area contributed by atoms with Gasteiger partial charge < -0.3 is 19.4 Å². The van der Waals surface area contributed by atoms with Crippen molar-refractivity contribution in [3.63, 3.8) is 0 Å². The summed E-state index contributed by atoms with van der Waals surface area (Å²) in [5.74, 6) is 0.942. The molecule has 1 unspecified atom stereocenters. The molecule has 0 spiro atoms. The molecule has 1 aromatic carbocycles. The molecule has 7 nitrogen and oxygen atoms in total. The zero-order chi connectivity index (χ0) is 20.9. The quantitative estimate of drug-likeness (QED) is 0.548. The summed E-state index contributed by atoms with van der Waals surface area (Å²) in [6, 6.07) is 10.9. The largest absolute Gasteiger partial charge is 0.486 e. The Morgan fingerprint density at radius 3 is 3.03 bits per heavy atom. The number of ether oxygens (including phenoxy) is 1. The molecule has 1 aliphatic heterocycles. The molecule has 1 atom stereocenters. The second kappa shape index (κ2) is 9.44. The average Bonchev–Trinajstić information content (AvgIpc) is 3.44. The molecule has 2 amide bonds. The second-order valence-electron chi connectivity index (χ2n) is 6.93. The predicted molar refractivity (Wildman–Crippen MR) is 117 cm³/mol. The number of carbonyl (C=O) groups is 2. The Balaban J connectivity index is 1.34. The van der Waals surface area contributed by atoms with Crippen LogP contribution in [0.4, 0.5) is 5.13 Å². The summed E-state index contributed by atoms with van der Waals surface area (Å²) in [6.07, 6.45) is 3.15. The number of thiazole rings is 1. The molecule has 1 N–H and O–H groups in total. The molecule has 0 bridgehead atoms. The molecule has 30 heavy (non-hydrogen) atoms. The van der Waals surface area contributed by atoms with E-state index in [1.807, 2.05) is 24.3 Å². The van der Waals surface area contributed by atoms with Crippen LogP contribution in [0.5, 0.6) is 5.75 Å². The minimum absolute atomic E-state index is 0.106. The van der Waals surface area contributed by atoms with E-state index in [1.54, 1.807) is 28.6 Å². The van der Waals surface area contributed by atoms with E-state index in [0.29, 0.717) is 29.7 Å². The summed E-state index contributed by atoms with van der Waals surface area (Å²) in [6.45, 7) is 1.19. The van der Waals surface area contributed by atoms with Gasteiger partial charge in [0.25, 0.3) is 5.91 Å². The summed E-state index contributed by atoms with van der Waals surface area (Å²) < 4.78 is 12.3. The third-order valence-corrected chi connectivity index (χ3v) is 5.97. The van der Waals surface area contributed by atoms with Crippen LogP contribution in [0, 0.1) is 5.92 Å². The molecule has 1 fully saturated rings. The number of aromatic nitrogens is 1. The van der Waals surface area contributed by atoms with Gasteiger partial charge in [0.2, 0.25) is 5.91 Å². The zero-order valence-corrected chi connectivity index (χ0v) is 18.4. The van der Waals surface area contributed by atoms with Crippen LogP contribution in [0.25, 0.3) is 0 Å². The van der Waals surface area contributed by atoms with Gasteiger partial charge in [-0.2, -0.15) is 0 Å². The number of carbonyl (C=O) groups excluding carboxylic acids is 2. The van der Waals surface area contributed by atoms with Crippen molar-refractivity contribution in [2.75, 3.05) is 18.4 Å². The minimum Gasteiger partial charge on any atom is -0.486 e. The van der Waals surface area contributed by atoms with Gasteiger partial charge in [-0.3, -0.25) is 9.59 Å². The van der Waals surface area contributed by atoms with E-state index >= 15 is 0 Å². The number of rotatable bonds is 6. The normalized spacial score (nSPS) is 16.3. The maximum absolute atomic E-state index is 12.9. The first-order valence-electron chi connectivity index (χ1n) is 9.55. The fourth-order valence-electron chi connectivity index (χ4n) is 3.31. The molecule has 156 valence electrons. The summed E-state index contributed by atoms with van der Waals surface area (Å²) in [5.41, 5.74) is 0. The highest BCUT2D eigenvalue weighted by atomic mass is 79.9. The molecular weight excluding hydrogens is 470 g/mol. The van der Waals surface area contributed by atoms with Crippen molar-refractivity contribution in [3.8, 4) is 5.75 Å². The van der Waals surface area contributed by atoms with Crippen molar-refractivity contribution in [2.24, 2.45) is 5.92 Å². The lowest BCUT2D eigenvalue weighted by Crippen LogP contribution is -2.43. The molecule has 1 aliphatic rings. The van der Waals surface area contributed by atoms with Gasteiger partial charge in [-0.25, -0.2) is 4.98 Å². The molecule has 2 aromatic heterocycles. The van der Waals surface area contributed by atoms with E-state index in [4.69, 9.17) is 9.15 Å². The van der Waals surface area contributed by atoms with Gasteiger partial charge in [-0.15, -0.1) is 11.3 Å². The van der Waals surface area contributed by atoms with E-state index in [-0.39, 0.29) is 30.1 Å². The first kappa shape index (κ1) is 20.6. The standard InChI is InChI=1S/C21H20BrN3O4S/c22-15-4-1-5-16(11-15)28-13-17-6-7-18(29-17)20(27)25-9-2-3-14(12-25)19(26)24-21-23-8-10-30-21/h1,4-8,10-11,14H,2-3,9,12-13H2,(H,23,24,26). The lowest BCUT2D eigenvalue weighted by atomic mass is 9.97. The Kier molecular flexibility index (Phi) is 6.49. The molecule has 3 aromatic rings. The maximum atomic E-state index is 12.9. The number of furan rings is 1. The van der Waals surface area contributed by atoms with Gasteiger partial charge in [0, 0.05) is 29.1 Å². The molecule has 0 saturated carbocycles. The fraction of sp³-hybridized carbons (Fsp3) is 0.286. The number of benzene rings is 1. The van der Waals surface area contributed by atoms with Gasteiger partial charge in [-0.1, -0.05) is 22.0 Å². The van der Waals surface area contributed by atoms with Crippen LogP contribution in [-0.4, -0.2) is 34.8 Å². The van der Waals surface area contributed by atoms with Crippen LogP contribution in [0.3, 0.4) is 0 Å². The highest BCUT2D eigenvalue weighted by Crippen LogP contribution is 2.23. The van der Waals surface area contributed by atoms with Crippen LogP contribution >= 0.6 is 27.3 Å². The van der Waals surface area contributed by atoms with E-state index in [1.165, 1.54) is 11.3 Å². The highest BCUT2D eigenvalue weighted by Gasteiger charge is 2.30. The van der Waals surface area contributed by atoms with Gasteiger partial charge in [0.15, 0.2) is 10.9 Å². The highest BCUT2D eigenvalue weighted by molar-refractivity contribution is 9.10. The monoisotopic (exact) mass is 489 g/mol. The summed E-state index contributed by atoms with van der Waals surface area (Å²) in [7, 11) is 0. The first-order valence-corrected chi connectivity index (χ1v) is 11.2. The number of piperidine rings is 1. The Bertz CT molecular complexity index is 1020. The van der Waals surface area contributed by atoms with Crippen molar-refractivity contribution < 1.29 is 18.7 Å². The average molecular weight is 490 g/mol. The molecular formula is C21H20BrN3O4S. The maximum Gasteiger partial charge on any atom is 0.289 e. The van der Waals surface area contributed by atoms with E-state index in [0.717, 1.165) is 17.3 Å². The Hall–Kier alpha value is -2.65. The SMILES string of the molecule is O=C(Nc1nccs1)C1CCCN(C(=O)c2ccc(COc3cccc(Br)c3)o2)C1. The van der Waals surface area contributed by atoms with Crippen molar-refractivity contribution in [3.05, 3.63) is 64.0 Å². The molecule has 9 heteroatoms. The summed E-state index contributed by atoms with van der Waals surface area (Å²) in [5, 5.41) is 5.20. The van der Waals surface area contributed by atoms with Crippen LogP contribution in [-0.2, 0) is 11.4 Å². The first-order chi connectivity index (χ1) is 14.6. The zero-order valence-electron chi connectivity index (χ0n) is 16.0. The number of hydrogen-bond acceptors (Lipinski definition) is 6. The number of hydrogen-bond donors (Lipinski definition) is 1. The van der Waals surface area contributed by atoms with Crippen LogP contribution in [0.2, 0.25) is 0 Å². The van der Waals surface area contributed by atoms with Crippen LogP contribution in [0.1, 0.15) is 29.2 Å². The van der Waals surface area contributed by atoms with Crippen molar-refractivity contribution in [2.45, 2.75) is 19.4 Å². The smallest absolute Gasteiger partial charge is 0.289 e. The summed E-state index contributed by atoms with van der Waals surface area (Å²) >= 11 is 4.77. The van der Waals surface area contributed by atoms with Gasteiger partial charge in [0.05, 0.1) is 5.92 Å². The van der Waals surface area contributed by atoms with Crippen molar-refractivity contribution in [1.29, 1.82) is 0 Å². The molecule has 0 aliphatic carbocycles. The predicted octanol–water partition coefficient (Wildman–Crippen LogP) is 4.57. The lowest BCUT2D eigenvalue weighted by molar-refractivity contribution is -0.121. The molecule has 4 rings (SSSR count). The van der Waals surface area contributed by atoms with E-state index < -0.39 is 0 Å². The Morgan fingerprint density at radius 1 is 1.33 bits per heavy atom. The van der Waals surface area contributed by atoms with Crippen molar-refractivity contribution in [1.82, 2.24) is 9.88 Å². The fourth-order valence-corrected chi connectivity index (χ4v) is 4.22. The topological polar surface area (TPSA) is 84.7 Å². The number of likely N-dealkylation sites (tertiary alicyclic amines) is 1. The van der Waals surface area contributed by atoms with Crippen molar-refractivity contribution >= 4 is 44.2 Å². The van der Waals surface area contributed by atoms with E-state index in [9.17, 15) is 9.59 Å². The van der Waals surface area contributed by atoms with E-state index in [2.05, 4.69) is 26.2 Å².